The minimum absolute atomic E-state index is 0. The Morgan fingerprint density at radius 3 is 2.57 bits per heavy atom. The van der Waals surface area contributed by atoms with Crippen molar-refractivity contribution in [3.63, 3.8) is 0 Å². The number of benzene rings is 1. The smallest absolute Gasteiger partial charge is 0.237 e. The summed E-state index contributed by atoms with van der Waals surface area (Å²) in [6.45, 7) is 0.977. The summed E-state index contributed by atoms with van der Waals surface area (Å²) in [6.07, 6.45) is 6.85. The molecule has 1 amide bonds. The van der Waals surface area contributed by atoms with Crippen LogP contribution in [0.1, 0.15) is 50.0 Å². The maximum atomic E-state index is 12.4. The summed E-state index contributed by atoms with van der Waals surface area (Å²) < 4.78 is 0. The van der Waals surface area contributed by atoms with E-state index in [-0.39, 0.29) is 24.4 Å². The average Bonchev–Trinajstić information content (AvgIpc) is 2.97. The molecule has 0 bridgehead atoms. The molecule has 0 aromatic heterocycles. The SMILES string of the molecule is Cl.O=C(NC1CCCC1c1ccccc1)C1CCCCN1. The summed E-state index contributed by atoms with van der Waals surface area (Å²) in [5, 5.41) is 6.63. The van der Waals surface area contributed by atoms with Gasteiger partial charge in [0.05, 0.1) is 6.04 Å². The van der Waals surface area contributed by atoms with E-state index in [1.807, 2.05) is 0 Å². The predicted octanol–water partition coefficient (Wildman–Crippen LogP) is 3.00. The van der Waals surface area contributed by atoms with Gasteiger partial charge in [0.15, 0.2) is 0 Å². The minimum atomic E-state index is 0. The highest BCUT2D eigenvalue weighted by Gasteiger charge is 2.31. The maximum Gasteiger partial charge on any atom is 0.237 e. The van der Waals surface area contributed by atoms with E-state index in [9.17, 15) is 4.79 Å². The molecule has 1 aliphatic carbocycles. The van der Waals surface area contributed by atoms with E-state index in [4.69, 9.17) is 0 Å². The zero-order valence-electron chi connectivity index (χ0n) is 12.4. The van der Waals surface area contributed by atoms with Gasteiger partial charge in [0, 0.05) is 12.0 Å². The highest BCUT2D eigenvalue weighted by atomic mass is 35.5. The van der Waals surface area contributed by atoms with E-state index < -0.39 is 0 Å². The van der Waals surface area contributed by atoms with Crippen molar-refractivity contribution in [3.8, 4) is 0 Å². The molecule has 1 aliphatic heterocycles. The lowest BCUT2D eigenvalue weighted by molar-refractivity contribution is -0.124. The van der Waals surface area contributed by atoms with Gasteiger partial charge in [-0.25, -0.2) is 0 Å². The molecule has 2 fully saturated rings. The van der Waals surface area contributed by atoms with Gasteiger partial charge in [-0.15, -0.1) is 12.4 Å². The Morgan fingerprint density at radius 2 is 1.86 bits per heavy atom. The van der Waals surface area contributed by atoms with Crippen LogP contribution in [0.5, 0.6) is 0 Å². The van der Waals surface area contributed by atoms with E-state index in [0.717, 1.165) is 25.8 Å². The van der Waals surface area contributed by atoms with Crippen LogP contribution < -0.4 is 10.6 Å². The third kappa shape index (κ3) is 3.98. The Kier molecular flexibility index (Phi) is 6.07. The van der Waals surface area contributed by atoms with Crippen molar-refractivity contribution in [1.82, 2.24) is 10.6 Å². The molecule has 3 nitrogen and oxygen atoms in total. The number of hydrogen-bond donors (Lipinski definition) is 2. The van der Waals surface area contributed by atoms with Gasteiger partial charge in [0.2, 0.25) is 5.91 Å². The van der Waals surface area contributed by atoms with Gasteiger partial charge >= 0.3 is 0 Å². The van der Waals surface area contributed by atoms with E-state index in [1.165, 1.54) is 24.8 Å². The standard InChI is InChI=1S/C17H24N2O.ClH/c20-17(16-10-4-5-12-18-16)19-15-11-6-9-14(15)13-7-2-1-3-8-13;/h1-3,7-8,14-16,18H,4-6,9-12H2,(H,19,20);1H. The summed E-state index contributed by atoms with van der Waals surface area (Å²) in [5.41, 5.74) is 1.37. The molecule has 2 N–H and O–H groups in total. The van der Waals surface area contributed by atoms with Gasteiger partial charge < -0.3 is 10.6 Å². The van der Waals surface area contributed by atoms with Crippen molar-refractivity contribution in [3.05, 3.63) is 35.9 Å². The van der Waals surface area contributed by atoms with E-state index in [1.54, 1.807) is 0 Å². The number of hydrogen-bond acceptors (Lipinski definition) is 2. The highest BCUT2D eigenvalue weighted by molar-refractivity contribution is 5.85. The molecule has 3 atom stereocenters. The van der Waals surface area contributed by atoms with Gasteiger partial charge in [-0.2, -0.15) is 0 Å². The Labute approximate surface area is 133 Å². The van der Waals surface area contributed by atoms with E-state index in [2.05, 4.69) is 41.0 Å². The molecule has 1 aromatic carbocycles. The van der Waals surface area contributed by atoms with Crippen LogP contribution in [0.15, 0.2) is 30.3 Å². The molecule has 1 aromatic rings. The van der Waals surface area contributed by atoms with Crippen LogP contribution in [0, 0.1) is 0 Å². The Bertz CT molecular complexity index is 445. The van der Waals surface area contributed by atoms with Crippen molar-refractivity contribution in [1.29, 1.82) is 0 Å². The fourth-order valence-electron chi connectivity index (χ4n) is 3.59. The van der Waals surface area contributed by atoms with E-state index >= 15 is 0 Å². The summed E-state index contributed by atoms with van der Waals surface area (Å²) >= 11 is 0. The molecular weight excluding hydrogens is 284 g/mol. The molecule has 0 spiro atoms. The minimum Gasteiger partial charge on any atom is -0.351 e. The first-order valence-electron chi connectivity index (χ1n) is 7.93. The van der Waals surface area contributed by atoms with Gasteiger partial charge in [-0.05, 0) is 37.8 Å². The third-order valence-corrected chi connectivity index (χ3v) is 4.70. The average molecular weight is 309 g/mol. The van der Waals surface area contributed by atoms with Crippen LogP contribution >= 0.6 is 12.4 Å². The van der Waals surface area contributed by atoms with Crippen molar-refractivity contribution in [2.75, 3.05) is 6.54 Å². The second kappa shape index (κ2) is 7.81. The first-order valence-corrected chi connectivity index (χ1v) is 7.93. The first-order chi connectivity index (χ1) is 9.84. The number of halogens is 1. The van der Waals surface area contributed by atoms with Crippen molar-refractivity contribution in [2.45, 2.75) is 56.5 Å². The van der Waals surface area contributed by atoms with Gasteiger partial charge in [-0.3, -0.25) is 4.79 Å². The maximum absolute atomic E-state index is 12.4. The number of nitrogens with one attached hydrogen (secondary N) is 2. The molecule has 3 rings (SSSR count). The normalized spacial score (nSPS) is 28.7. The summed E-state index contributed by atoms with van der Waals surface area (Å²) in [5.74, 6) is 0.696. The molecule has 1 saturated heterocycles. The number of carbonyl (C=O) groups is 1. The molecule has 116 valence electrons. The zero-order valence-corrected chi connectivity index (χ0v) is 13.2. The lowest BCUT2D eigenvalue weighted by atomic mass is 9.93. The molecular formula is C17H25ClN2O. The summed E-state index contributed by atoms with van der Waals surface area (Å²) in [7, 11) is 0. The Hall–Kier alpha value is -1.06. The van der Waals surface area contributed by atoms with Gasteiger partial charge in [-0.1, -0.05) is 43.2 Å². The van der Waals surface area contributed by atoms with Gasteiger partial charge in [0.1, 0.15) is 0 Å². The van der Waals surface area contributed by atoms with Crippen LogP contribution in [0.25, 0.3) is 0 Å². The van der Waals surface area contributed by atoms with Gasteiger partial charge in [0.25, 0.3) is 0 Å². The second-order valence-electron chi connectivity index (χ2n) is 6.07. The molecule has 0 radical (unpaired) electrons. The number of piperidine rings is 1. The molecule has 21 heavy (non-hydrogen) atoms. The lowest BCUT2D eigenvalue weighted by Gasteiger charge is -2.27. The molecule has 3 unspecified atom stereocenters. The fraction of sp³-hybridized carbons (Fsp3) is 0.588. The molecule has 1 heterocycles. The van der Waals surface area contributed by atoms with Crippen LogP contribution in [0.4, 0.5) is 0 Å². The number of carbonyl (C=O) groups excluding carboxylic acids is 1. The first kappa shape index (κ1) is 16.3. The third-order valence-electron chi connectivity index (χ3n) is 4.70. The monoisotopic (exact) mass is 308 g/mol. The topological polar surface area (TPSA) is 41.1 Å². The summed E-state index contributed by atoms with van der Waals surface area (Å²) in [4.78, 5) is 12.4. The van der Waals surface area contributed by atoms with Crippen molar-refractivity contribution >= 4 is 18.3 Å². The number of amides is 1. The van der Waals surface area contributed by atoms with Crippen LogP contribution in [-0.4, -0.2) is 24.5 Å². The second-order valence-corrected chi connectivity index (χ2v) is 6.07. The molecule has 4 heteroatoms. The fourth-order valence-corrected chi connectivity index (χ4v) is 3.59. The van der Waals surface area contributed by atoms with Crippen LogP contribution in [0.2, 0.25) is 0 Å². The number of rotatable bonds is 3. The molecule has 1 saturated carbocycles. The van der Waals surface area contributed by atoms with Crippen molar-refractivity contribution < 1.29 is 4.79 Å². The quantitative estimate of drug-likeness (QED) is 0.901. The Morgan fingerprint density at radius 1 is 1.05 bits per heavy atom. The highest BCUT2D eigenvalue weighted by Crippen LogP contribution is 2.34. The van der Waals surface area contributed by atoms with E-state index in [0.29, 0.717) is 12.0 Å². The zero-order chi connectivity index (χ0) is 13.8. The lowest BCUT2D eigenvalue weighted by Crippen LogP contribution is -2.50. The van der Waals surface area contributed by atoms with Crippen molar-refractivity contribution in [2.24, 2.45) is 0 Å². The van der Waals surface area contributed by atoms with Crippen LogP contribution in [0.3, 0.4) is 0 Å². The summed E-state index contributed by atoms with van der Waals surface area (Å²) in [6, 6.07) is 11.0. The van der Waals surface area contributed by atoms with Crippen LogP contribution in [-0.2, 0) is 4.79 Å². The largest absolute Gasteiger partial charge is 0.351 e. The Balaban J connectivity index is 0.00000161. The predicted molar refractivity (Wildman–Crippen MR) is 87.9 cm³/mol. The molecule has 2 aliphatic rings.